The molecule has 1 aromatic carbocycles. The van der Waals surface area contributed by atoms with Gasteiger partial charge >= 0.3 is 0 Å². The molecule has 134 valence electrons. The lowest BCUT2D eigenvalue weighted by Crippen LogP contribution is -2.44. The minimum atomic E-state index is 0.125. The Kier molecular flexibility index (Phi) is 6.42. The number of hydrogen-bond donors (Lipinski definition) is 1. The Labute approximate surface area is 150 Å². The van der Waals surface area contributed by atoms with Crippen molar-refractivity contribution in [2.24, 2.45) is 0 Å². The third-order valence-corrected chi connectivity index (χ3v) is 4.88. The molecule has 3 atom stereocenters. The van der Waals surface area contributed by atoms with Gasteiger partial charge in [-0.15, -0.1) is 0 Å². The molecule has 0 amide bonds. The van der Waals surface area contributed by atoms with Crippen LogP contribution in [0.2, 0.25) is 0 Å². The Morgan fingerprint density at radius 1 is 1.20 bits per heavy atom. The molecule has 25 heavy (non-hydrogen) atoms. The largest absolute Gasteiger partial charge is 0.497 e. The molecule has 1 fully saturated rings. The summed E-state index contributed by atoms with van der Waals surface area (Å²) in [5, 5.41) is 3.79. The molecule has 0 saturated carbocycles. The van der Waals surface area contributed by atoms with Gasteiger partial charge in [0.05, 0.1) is 13.2 Å². The van der Waals surface area contributed by atoms with Crippen LogP contribution in [-0.4, -0.2) is 30.8 Å². The molecule has 1 saturated heterocycles. The molecule has 2 heterocycles. The van der Waals surface area contributed by atoms with E-state index < -0.39 is 0 Å². The number of benzene rings is 1. The summed E-state index contributed by atoms with van der Waals surface area (Å²) in [6, 6.07) is 13.3. The number of rotatable bonds is 7. The molecule has 0 spiro atoms. The zero-order valence-corrected chi connectivity index (χ0v) is 15.2. The van der Waals surface area contributed by atoms with Crippen LogP contribution in [0.15, 0.2) is 48.8 Å². The van der Waals surface area contributed by atoms with Crippen molar-refractivity contribution in [3.05, 3.63) is 59.9 Å². The van der Waals surface area contributed by atoms with Crippen molar-refractivity contribution < 1.29 is 9.47 Å². The van der Waals surface area contributed by atoms with Gasteiger partial charge in [-0.1, -0.05) is 12.1 Å². The summed E-state index contributed by atoms with van der Waals surface area (Å²) in [5.41, 5.74) is 2.56. The molecule has 1 aromatic heterocycles. The second kappa shape index (κ2) is 8.97. The molecule has 4 nitrogen and oxygen atoms in total. The van der Waals surface area contributed by atoms with Crippen molar-refractivity contribution in [1.29, 1.82) is 0 Å². The zero-order chi connectivity index (χ0) is 17.5. The van der Waals surface area contributed by atoms with Crippen LogP contribution in [0.4, 0.5) is 0 Å². The van der Waals surface area contributed by atoms with E-state index in [0.29, 0.717) is 12.1 Å². The normalized spacial score (nSPS) is 21.7. The van der Waals surface area contributed by atoms with Crippen molar-refractivity contribution in [3.63, 3.8) is 0 Å². The van der Waals surface area contributed by atoms with Crippen LogP contribution in [0.5, 0.6) is 5.75 Å². The standard InChI is InChI=1S/C21H28N2O2/c1-16(5-6-17-7-9-19(24-2)10-8-17)23-20-4-3-15-25-21(20)18-11-13-22-14-12-18/h7-14,16,20-21,23H,3-6,15H2,1-2H3/t16?,20-,21+/m0/s1. The van der Waals surface area contributed by atoms with Crippen molar-refractivity contribution in [3.8, 4) is 5.75 Å². The van der Waals surface area contributed by atoms with E-state index in [1.807, 2.05) is 24.5 Å². The predicted molar refractivity (Wildman–Crippen MR) is 99.9 cm³/mol. The van der Waals surface area contributed by atoms with E-state index in [-0.39, 0.29) is 6.10 Å². The molecule has 2 aromatic rings. The van der Waals surface area contributed by atoms with Crippen LogP contribution < -0.4 is 10.1 Å². The maximum absolute atomic E-state index is 6.06. The van der Waals surface area contributed by atoms with E-state index in [0.717, 1.165) is 38.0 Å². The summed E-state index contributed by atoms with van der Waals surface area (Å²) >= 11 is 0. The highest BCUT2D eigenvalue weighted by Gasteiger charge is 2.28. The van der Waals surface area contributed by atoms with E-state index in [1.165, 1.54) is 11.1 Å². The van der Waals surface area contributed by atoms with Crippen molar-refractivity contribution >= 4 is 0 Å². The number of methoxy groups -OCH3 is 1. The molecule has 1 unspecified atom stereocenters. The highest BCUT2D eigenvalue weighted by molar-refractivity contribution is 5.27. The van der Waals surface area contributed by atoms with Gasteiger partial charge in [-0.3, -0.25) is 4.98 Å². The van der Waals surface area contributed by atoms with Crippen LogP contribution in [0, 0.1) is 0 Å². The molecule has 0 radical (unpaired) electrons. The molecule has 0 aliphatic carbocycles. The van der Waals surface area contributed by atoms with Crippen molar-refractivity contribution in [2.45, 2.75) is 50.8 Å². The predicted octanol–water partition coefficient (Wildman–Crippen LogP) is 3.92. The molecule has 1 aliphatic rings. The van der Waals surface area contributed by atoms with Crippen molar-refractivity contribution in [2.75, 3.05) is 13.7 Å². The average Bonchev–Trinajstić information content (AvgIpc) is 2.68. The van der Waals surface area contributed by atoms with Gasteiger partial charge in [0.2, 0.25) is 0 Å². The van der Waals surface area contributed by atoms with Crippen LogP contribution >= 0.6 is 0 Å². The van der Waals surface area contributed by atoms with E-state index in [1.54, 1.807) is 7.11 Å². The lowest BCUT2D eigenvalue weighted by molar-refractivity contribution is -0.0136. The first-order valence-corrected chi connectivity index (χ1v) is 9.17. The number of aryl methyl sites for hydroxylation is 1. The first kappa shape index (κ1) is 17.9. The van der Waals surface area contributed by atoms with E-state index in [9.17, 15) is 0 Å². The molecule has 4 heteroatoms. The highest BCUT2D eigenvalue weighted by Crippen LogP contribution is 2.28. The molecule has 3 rings (SSSR count). The maximum Gasteiger partial charge on any atom is 0.118 e. The fourth-order valence-electron chi connectivity index (χ4n) is 3.46. The van der Waals surface area contributed by atoms with Crippen molar-refractivity contribution in [1.82, 2.24) is 10.3 Å². The van der Waals surface area contributed by atoms with Gasteiger partial charge < -0.3 is 14.8 Å². The second-order valence-corrected chi connectivity index (χ2v) is 6.78. The number of hydrogen-bond acceptors (Lipinski definition) is 4. The first-order valence-electron chi connectivity index (χ1n) is 9.17. The minimum Gasteiger partial charge on any atom is -0.497 e. The van der Waals surface area contributed by atoms with Gasteiger partial charge in [0.1, 0.15) is 5.75 Å². The van der Waals surface area contributed by atoms with Gasteiger partial charge in [0.15, 0.2) is 0 Å². The molecule has 0 bridgehead atoms. The smallest absolute Gasteiger partial charge is 0.118 e. The van der Waals surface area contributed by atoms with Gasteiger partial charge in [0, 0.05) is 31.1 Å². The van der Waals surface area contributed by atoms with Crippen LogP contribution in [-0.2, 0) is 11.2 Å². The summed E-state index contributed by atoms with van der Waals surface area (Å²) in [6.07, 6.45) is 8.25. The summed E-state index contributed by atoms with van der Waals surface area (Å²) < 4.78 is 11.3. The molecular weight excluding hydrogens is 312 g/mol. The summed E-state index contributed by atoms with van der Waals surface area (Å²) in [5.74, 6) is 0.912. The number of pyridine rings is 1. The van der Waals surface area contributed by atoms with Gasteiger partial charge in [-0.2, -0.15) is 0 Å². The topological polar surface area (TPSA) is 43.4 Å². The zero-order valence-electron chi connectivity index (χ0n) is 15.2. The Balaban J connectivity index is 1.54. The van der Waals surface area contributed by atoms with E-state index in [4.69, 9.17) is 9.47 Å². The number of ether oxygens (including phenoxy) is 2. The number of nitrogens with zero attached hydrogens (tertiary/aromatic N) is 1. The quantitative estimate of drug-likeness (QED) is 0.829. The molecule has 1 aliphatic heterocycles. The van der Waals surface area contributed by atoms with Crippen LogP contribution in [0.3, 0.4) is 0 Å². The SMILES string of the molecule is COc1ccc(CCC(C)N[C@H]2CCCO[C@@H]2c2ccncc2)cc1. The van der Waals surface area contributed by atoms with Gasteiger partial charge in [-0.25, -0.2) is 0 Å². The highest BCUT2D eigenvalue weighted by atomic mass is 16.5. The third-order valence-electron chi connectivity index (χ3n) is 4.88. The Morgan fingerprint density at radius 2 is 1.96 bits per heavy atom. The summed E-state index contributed by atoms with van der Waals surface area (Å²) in [7, 11) is 1.70. The van der Waals surface area contributed by atoms with Crippen LogP contribution in [0.25, 0.3) is 0 Å². The van der Waals surface area contributed by atoms with Gasteiger partial charge in [-0.05, 0) is 68.0 Å². The van der Waals surface area contributed by atoms with Crippen LogP contribution in [0.1, 0.15) is 43.4 Å². The Bertz CT molecular complexity index is 630. The lowest BCUT2D eigenvalue weighted by atomic mass is 9.95. The van der Waals surface area contributed by atoms with E-state index >= 15 is 0 Å². The molecular formula is C21H28N2O2. The van der Waals surface area contributed by atoms with E-state index in [2.05, 4.69) is 41.5 Å². The fourth-order valence-corrected chi connectivity index (χ4v) is 3.46. The number of nitrogens with one attached hydrogen (secondary N) is 1. The Morgan fingerprint density at radius 3 is 2.68 bits per heavy atom. The molecule has 1 N–H and O–H groups in total. The average molecular weight is 340 g/mol. The van der Waals surface area contributed by atoms with Gasteiger partial charge in [0.25, 0.3) is 0 Å². The number of aromatic nitrogens is 1. The third kappa shape index (κ3) is 5.03. The summed E-state index contributed by atoms with van der Waals surface area (Å²) in [6.45, 7) is 3.10. The first-order chi connectivity index (χ1) is 12.3. The minimum absolute atomic E-state index is 0.125. The summed E-state index contributed by atoms with van der Waals surface area (Å²) in [4.78, 5) is 4.12. The maximum atomic E-state index is 6.06. The lowest BCUT2D eigenvalue weighted by Gasteiger charge is -2.34. The Hall–Kier alpha value is -1.91. The fraction of sp³-hybridized carbons (Fsp3) is 0.476. The second-order valence-electron chi connectivity index (χ2n) is 6.78. The monoisotopic (exact) mass is 340 g/mol.